The molecule has 166 valence electrons. The van der Waals surface area contributed by atoms with Crippen LogP contribution in [0.5, 0.6) is 0 Å². The van der Waals surface area contributed by atoms with Crippen molar-refractivity contribution >= 4 is 58.1 Å². The fourth-order valence-corrected chi connectivity index (χ4v) is 3.72. The normalized spacial score (nSPS) is 15.9. The highest BCUT2D eigenvalue weighted by Crippen LogP contribution is 2.27. The molecule has 1 unspecified atom stereocenters. The van der Waals surface area contributed by atoms with E-state index >= 15 is 0 Å². The Hall–Kier alpha value is -2.83. The number of nitrogens with zero attached hydrogens (tertiary/aromatic N) is 5. The van der Waals surface area contributed by atoms with Crippen molar-refractivity contribution in [3.8, 4) is 6.19 Å². The van der Waals surface area contributed by atoms with Crippen LogP contribution in [0.15, 0.2) is 52.6 Å². The molecule has 0 saturated heterocycles. The van der Waals surface area contributed by atoms with E-state index < -0.39 is 6.04 Å². The SMILES string of the molecule is CCN(C(=O)CN)C1CN(C(=Nc2ccc(Cl)c(Cl)c2)NC#N)N=C1c1ccc(Cl)cc1. The van der Waals surface area contributed by atoms with Gasteiger partial charge in [0.15, 0.2) is 6.19 Å². The quantitative estimate of drug-likeness (QED) is 0.287. The molecule has 1 atom stereocenters. The molecule has 2 aromatic rings. The molecule has 1 amide bonds. The highest BCUT2D eigenvalue weighted by molar-refractivity contribution is 6.42. The number of carbonyl (C=O) groups excluding carboxylic acids is 1. The van der Waals surface area contributed by atoms with E-state index in [0.717, 1.165) is 5.56 Å². The van der Waals surface area contributed by atoms with E-state index in [-0.39, 0.29) is 25.0 Å². The first kappa shape index (κ1) is 23.8. The molecule has 8 nitrogen and oxygen atoms in total. The van der Waals surface area contributed by atoms with Crippen molar-refractivity contribution < 1.29 is 4.79 Å². The van der Waals surface area contributed by atoms with Gasteiger partial charge in [-0.3, -0.25) is 10.1 Å². The largest absolute Gasteiger partial charge is 0.331 e. The second kappa shape index (κ2) is 10.7. The summed E-state index contributed by atoms with van der Waals surface area (Å²) in [5.41, 5.74) is 7.53. The summed E-state index contributed by atoms with van der Waals surface area (Å²) in [5, 5.41) is 19.4. The summed E-state index contributed by atoms with van der Waals surface area (Å²) in [7, 11) is 0. The van der Waals surface area contributed by atoms with Gasteiger partial charge in [0.25, 0.3) is 0 Å². The topological polar surface area (TPSA) is 110 Å². The second-order valence-electron chi connectivity index (χ2n) is 6.74. The Kier molecular flexibility index (Phi) is 7.94. The van der Waals surface area contributed by atoms with Gasteiger partial charge < -0.3 is 10.6 Å². The molecular weight excluding hydrogens is 473 g/mol. The maximum atomic E-state index is 12.5. The molecule has 32 heavy (non-hydrogen) atoms. The Balaban J connectivity index is 2.04. The van der Waals surface area contributed by atoms with Crippen molar-refractivity contribution in [3.05, 3.63) is 63.1 Å². The first-order valence-electron chi connectivity index (χ1n) is 9.68. The highest BCUT2D eigenvalue weighted by Gasteiger charge is 2.36. The van der Waals surface area contributed by atoms with E-state index in [1.54, 1.807) is 35.2 Å². The number of halogens is 3. The molecule has 3 N–H and O–H groups in total. The van der Waals surface area contributed by atoms with Gasteiger partial charge in [-0.05, 0) is 37.3 Å². The fourth-order valence-electron chi connectivity index (χ4n) is 3.30. The van der Waals surface area contributed by atoms with Gasteiger partial charge in [-0.2, -0.15) is 10.4 Å². The van der Waals surface area contributed by atoms with Gasteiger partial charge in [0.2, 0.25) is 11.9 Å². The lowest BCUT2D eigenvalue weighted by Crippen LogP contribution is -2.49. The smallest absolute Gasteiger partial charge is 0.236 e. The predicted molar refractivity (Wildman–Crippen MR) is 127 cm³/mol. The monoisotopic (exact) mass is 491 g/mol. The summed E-state index contributed by atoms with van der Waals surface area (Å²) >= 11 is 18.1. The molecule has 2 aromatic carbocycles. The average molecular weight is 493 g/mol. The molecule has 0 saturated carbocycles. The van der Waals surface area contributed by atoms with Crippen LogP contribution in [0.25, 0.3) is 0 Å². The lowest BCUT2D eigenvalue weighted by Gasteiger charge is -2.28. The van der Waals surface area contributed by atoms with Crippen LogP contribution in [0.2, 0.25) is 15.1 Å². The summed E-state index contributed by atoms with van der Waals surface area (Å²) in [6.07, 6.45) is 1.88. The third-order valence-corrected chi connectivity index (χ3v) is 5.78. The van der Waals surface area contributed by atoms with Crippen molar-refractivity contribution in [2.24, 2.45) is 15.8 Å². The average Bonchev–Trinajstić information content (AvgIpc) is 3.21. The number of benzene rings is 2. The molecule has 1 aliphatic heterocycles. The molecule has 0 radical (unpaired) electrons. The third-order valence-electron chi connectivity index (χ3n) is 4.79. The summed E-state index contributed by atoms with van der Waals surface area (Å²) < 4.78 is 0. The highest BCUT2D eigenvalue weighted by atomic mass is 35.5. The number of nitrogens with one attached hydrogen (secondary N) is 1. The first-order chi connectivity index (χ1) is 15.4. The number of rotatable bonds is 5. The van der Waals surface area contributed by atoms with Crippen molar-refractivity contribution in [1.82, 2.24) is 15.2 Å². The molecular formula is C21H20Cl3N7O. The lowest BCUT2D eigenvalue weighted by molar-refractivity contribution is -0.130. The second-order valence-corrected chi connectivity index (χ2v) is 8.00. The van der Waals surface area contributed by atoms with Crippen LogP contribution in [-0.4, -0.2) is 53.2 Å². The zero-order valence-corrected chi connectivity index (χ0v) is 19.4. The van der Waals surface area contributed by atoms with E-state index in [4.69, 9.17) is 40.5 Å². The van der Waals surface area contributed by atoms with Crippen molar-refractivity contribution in [2.45, 2.75) is 13.0 Å². The van der Waals surface area contributed by atoms with Crippen LogP contribution in [0.1, 0.15) is 12.5 Å². The first-order valence-corrected chi connectivity index (χ1v) is 10.8. The van der Waals surface area contributed by atoms with Crippen LogP contribution in [0, 0.1) is 11.5 Å². The summed E-state index contributed by atoms with van der Waals surface area (Å²) in [4.78, 5) is 18.6. The Morgan fingerprint density at radius 3 is 2.59 bits per heavy atom. The molecule has 0 bridgehead atoms. The van der Waals surface area contributed by atoms with Crippen LogP contribution in [0.4, 0.5) is 5.69 Å². The van der Waals surface area contributed by atoms with Crippen LogP contribution in [-0.2, 0) is 4.79 Å². The van der Waals surface area contributed by atoms with Gasteiger partial charge in [-0.1, -0.05) is 46.9 Å². The van der Waals surface area contributed by atoms with E-state index in [9.17, 15) is 10.1 Å². The maximum absolute atomic E-state index is 12.5. The Bertz CT molecular complexity index is 1100. The number of hydrazone groups is 1. The minimum atomic E-state index is -0.406. The fraction of sp³-hybridized carbons (Fsp3) is 0.238. The zero-order valence-electron chi connectivity index (χ0n) is 17.1. The number of likely N-dealkylation sites (N-methyl/N-ethyl adjacent to an activating group) is 1. The van der Waals surface area contributed by atoms with Gasteiger partial charge in [0.05, 0.1) is 40.6 Å². The van der Waals surface area contributed by atoms with Gasteiger partial charge in [0, 0.05) is 17.1 Å². The minimum Gasteiger partial charge on any atom is -0.331 e. The molecule has 0 fully saturated rings. The number of nitriles is 1. The van der Waals surface area contributed by atoms with Gasteiger partial charge in [-0.25, -0.2) is 10.0 Å². The zero-order chi connectivity index (χ0) is 23.3. The third kappa shape index (κ3) is 5.31. The van der Waals surface area contributed by atoms with Crippen molar-refractivity contribution in [1.29, 1.82) is 5.26 Å². The number of carbonyl (C=O) groups is 1. The van der Waals surface area contributed by atoms with E-state index in [1.807, 2.05) is 25.2 Å². The van der Waals surface area contributed by atoms with E-state index in [2.05, 4.69) is 15.4 Å². The standard InChI is InChI=1S/C21H20Cl3N7O/c1-2-30(19(32)10-25)18-11-31(29-20(18)13-3-5-14(22)6-4-13)21(27-12-26)28-15-7-8-16(23)17(24)9-15/h3-9,18H,2,10-11,25H2,1H3,(H,27,28). The lowest BCUT2D eigenvalue weighted by atomic mass is 10.0. The van der Waals surface area contributed by atoms with Gasteiger partial charge in [-0.15, -0.1) is 0 Å². The number of nitrogens with two attached hydrogens (primary N) is 1. The number of guanidine groups is 1. The number of hydrogen-bond donors (Lipinski definition) is 2. The molecule has 0 spiro atoms. The molecule has 0 aliphatic carbocycles. The van der Waals surface area contributed by atoms with E-state index in [1.165, 1.54) is 5.01 Å². The number of amides is 1. The number of aliphatic imine (C=N–C) groups is 1. The molecule has 0 aromatic heterocycles. The van der Waals surface area contributed by atoms with Crippen molar-refractivity contribution in [3.63, 3.8) is 0 Å². The summed E-state index contributed by atoms with van der Waals surface area (Å²) in [5.74, 6) is -0.0340. The van der Waals surface area contributed by atoms with Crippen LogP contribution < -0.4 is 11.1 Å². The molecule has 11 heteroatoms. The van der Waals surface area contributed by atoms with Gasteiger partial charge in [0.1, 0.15) is 0 Å². The molecule has 1 heterocycles. The molecule has 1 aliphatic rings. The van der Waals surface area contributed by atoms with Crippen molar-refractivity contribution in [2.75, 3.05) is 19.6 Å². The predicted octanol–water partition coefficient (Wildman–Crippen LogP) is 3.60. The van der Waals surface area contributed by atoms with Crippen LogP contribution >= 0.6 is 34.8 Å². The maximum Gasteiger partial charge on any atom is 0.236 e. The Labute approximate surface area is 200 Å². The van der Waals surface area contributed by atoms with Gasteiger partial charge >= 0.3 is 0 Å². The minimum absolute atomic E-state index is 0.126. The van der Waals surface area contributed by atoms with Crippen LogP contribution in [0.3, 0.4) is 0 Å². The van der Waals surface area contributed by atoms with E-state index in [0.29, 0.717) is 33.0 Å². The Morgan fingerprint density at radius 1 is 1.28 bits per heavy atom. The summed E-state index contributed by atoms with van der Waals surface area (Å²) in [6.45, 7) is 2.45. The Morgan fingerprint density at radius 2 is 2.00 bits per heavy atom. The number of hydrogen-bond acceptors (Lipinski definition) is 5. The molecule has 3 rings (SSSR count). The summed E-state index contributed by atoms with van der Waals surface area (Å²) in [6, 6.07) is 11.6.